The summed E-state index contributed by atoms with van der Waals surface area (Å²) in [5, 5.41) is 5.18. The third kappa shape index (κ3) is 5.64. The van der Waals surface area contributed by atoms with Crippen molar-refractivity contribution in [3.8, 4) is 11.5 Å². The lowest BCUT2D eigenvalue weighted by molar-refractivity contribution is -0.127. The molecule has 0 spiro atoms. The summed E-state index contributed by atoms with van der Waals surface area (Å²) >= 11 is 11.0. The van der Waals surface area contributed by atoms with Gasteiger partial charge in [-0.05, 0) is 70.9 Å². The molecule has 6 nitrogen and oxygen atoms in total. The molecule has 1 amide bonds. The predicted octanol–water partition coefficient (Wildman–Crippen LogP) is 6.45. The molecule has 0 unspecified atom stereocenters. The number of ether oxygens (including phenoxy) is 2. The van der Waals surface area contributed by atoms with Crippen molar-refractivity contribution in [2.24, 2.45) is 5.10 Å². The smallest absolute Gasteiger partial charge is 0.355 e. The van der Waals surface area contributed by atoms with Crippen LogP contribution in [0.1, 0.15) is 22.2 Å². The van der Waals surface area contributed by atoms with Gasteiger partial charge in [-0.3, -0.25) is 4.79 Å². The van der Waals surface area contributed by atoms with Gasteiger partial charge in [-0.15, -0.1) is 11.3 Å². The van der Waals surface area contributed by atoms with Gasteiger partial charge in [-0.2, -0.15) is 5.10 Å². The first-order valence-corrected chi connectivity index (χ1v) is 12.1. The Morgan fingerprint density at radius 3 is 2.50 bits per heavy atom. The molecule has 0 radical (unpaired) electrons. The summed E-state index contributed by atoms with van der Waals surface area (Å²) in [6.45, 7) is 1.64. The van der Waals surface area contributed by atoms with Crippen molar-refractivity contribution in [2.45, 2.75) is 13.0 Å². The molecule has 0 fully saturated rings. The van der Waals surface area contributed by atoms with Gasteiger partial charge in [0.1, 0.15) is 16.4 Å². The lowest BCUT2D eigenvalue weighted by Gasteiger charge is -2.13. The number of rotatable bonds is 7. The summed E-state index contributed by atoms with van der Waals surface area (Å²) < 4.78 is 12.8. The van der Waals surface area contributed by atoms with Gasteiger partial charge in [0.2, 0.25) is 0 Å². The SMILES string of the molecule is C[C@H](Oc1ccccc1Br)C(=O)N/N=C\c1ccc(OC(=O)c2sc3ccccc3c2Cl)cc1. The van der Waals surface area contributed by atoms with Crippen LogP contribution < -0.4 is 14.9 Å². The van der Waals surface area contributed by atoms with Gasteiger partial charge in [0.05, 0.1) is 15.7 Å². The van der Waals surface area contributed by atoms with Crippen LogP contribution in [0.25, 0.3) is 10.1 Å². The van der Waals surface area contributed by atoms with E-state index in [0.717, 1.165) is 14.6 Å². The van der Waals surface area contributed by atoms with Crippen LogP contribution in [0, 0.1) is 0 Å². The minimum atomic E-state index is -0.738. The lowest BCUT2D eigenvalue weighted by atomic mass is 10.2. The monoisotopic (exact) mass is 556 g/mol. The van der Waals surface area contributed by atoms with E-state index < -0.39 is 18.0 Å². The quantitative estimate of drug-likeness (QED) is 0.123. The number of carbonyl (C=O) groups is 2. The Bertz CT molecular complexity index is 1370. The molecular weight excluding hydrogens is 540 g/mol. The van der Waals surface area contributed by atoms with Gasteiger partial charge in [-0.25, -0.2) is 10.2 Å². The Balaban J connectivity index is 1.32. The average Bonchev–Trinajstić information content (AvgIpc) is 3.18. The van der Waals surface area contributed by atoms with E-state index in [1.807, 2.05) is 42.5 Å². The maximum atomic E-state index is 12.6. The van der Waals surface area contributed by atoms with Gasteiger partial charge in [0.25, 0.3) is 5.91 Å². The Morgan fingerprint density at radius 1 is 1.06 bits per heavy atom. The van der Waals surface area contributed by atoms with E-state index in [2.05, 4.69) is 26.5 Å². The molecule has 4 rings (SSSR count). The minimum Gasteiger partial charge on any atom is -0.480 e. The van der Waals surface area contributed by atoms with Crippen LogP contribution >= 0.6 is 38.9 Å². The highest BCUT2D eigenvalue weighted by Gasteiger charge is 2.19. The standard InChI is InChI=1S/C25H18BrClN2O4S/c1-15(32-20-8-4-3-7-19(20)26)24(30)29-28-14-16-10-12-17(13-11-16)33-25(31)23-22(27)18-6-2-5-9-21(18)34-23/h2-15H,1H3,(H,29,30)/b28-14-/t15-/m0/s1. The van der Waals surface area contributed by atoms with E-state index in [1.165, 1.54) is 17.6 Å². The molecule has 9 heteroatoms. The Hall–Kier alpha value is -3.20. The lowest BCUT2D eigenvalue weighted by Crippen LogP contribution is -2.33. The first-order valence-electron chi connectivity index (χ1n) is 10.2. The zero-order valence-electron chi connectivity index (χ0n) is 17.8. The van der Waals surface area contributed by atoms with Crippen LogP contribution in [-0.2, 0) is 4.79 Å². The molecule has 0 aliphatic rings. The fourth-order valence-corrected chi connectivity index (χ4v) is 4.73. The molecule has 172 valence electrons. The Morgan fingerprint density at radius 2 is 1.76 bits per heavy atom. The van der Waals surface area contributed by atoms with E-state index in [4.69, 9.17) is 21.1 Å². The van der Waals surface area contributed by atoms with Crippen molar-refractivity contribution in [3.05, 3.63) is 92.7 Å². The van der Waals surface area contributed by atoms with Crippen molar-refractivity contribution < 1.29 is 19.1 Å². The maximum absolute atomic E-state index is 12.6. The van der Waals surface area contributed by atoms with Crippen LogP contribution in [-0.4, -0.2) is 24.2 Å². The summed E-state index contributed by atoms with van der Waals surface area (Å²) in [4.78, 5) is 25.1. The van der Waals surface area contributed by atoms with Crippen molar-refractivity contribution in [1.82, 2.24) is 5.43 Å². The molecule has 0 aliphatic carbocycles. The first kappa shape index (κ1) is 23.9. The topological polar surface area (TPSA) is 77.0 Å². The maximum Gasteiger partial charge on any atom is 0.355 e. The number of esters is 1. The second-order valence-electron chi connectivity index (χ2n) is 7.12. The fourth-order valence-electron chi connectivity index (χ4n) is 2.97. The second kappa shape index (κ2) is 10.8. The zero-order chi connectivity index (χ0) is 24.1. The molecule has 1 atom stereocenters. The fraction of sp³-hybridized carbons (Fsp3) is 0.0800. The molecule has 3 aromatic carbocycles. The van der Waals surface area contributed by atoms with Crippen LogP contribution in [0.15, 0.2) is 82.4 Å². The van der Waals surface area contributed by atoms with Crippen LogP contribution in [0.2, 0.25) is 5.02 Å². The third-order valence-electron chi connectivity index (χ3n) is 4.71. The predicted molar refractivity (Wildman–Crippen MR) is 138 cm³/mol. The number of nitrogens with zero attached hydrogens (tertiary/aromatic N) is 1. The number of benzene rings is 3. The zero-order valence-corrected chi connectivity index (χ0v) is 21.0. The summed E-state index contributed by atoms with van der Waals surface area (Å²) in [6.07, 6.45) is 0.746. The van der Waals surface area contributed by atoms with E-state index >= 15 is 0 Å². The molecule has 1 heterocycles. The summed E-state index contributed by atoms with van der Waals surface area (Å²) in [6, 6.07) is 21.5. The summed E-state index contributed by atoms with van der Waals surface area (Å²) in [5.74, 6) is 0.0306. The molecule has 1 N–H and O–H groups in total. The molecule has 0 aliphatic heterocycles. The average molecular weight is 558 g/mol. The van der Waals surface area contributed by atoms with Gasteiger partial charge in [-0.1, -0.05) is 41.9 Å². The van der Waals surface area contributed by atoms with Gasteiger partial charge in [0.15, 0.2) is 6.10 Å². The molecule has 0 bridgehead atoms. The number of fused-ring (bicyclic) bond motifs is 1. The van der Waals surface area contributed by atoms with E-state index in [0.29, 0.717) is 27.0 Å². The molecule has 4 aromatic rings. The van der Waals surface area contributed by atoms with Gasteiger partial charge in [0, 0.05) is 10.1 Å². The van der Waals surface area contributed by atoms with Gasteiger partial charge >= 0.3 is 5.97 Å². The minimum absolute atomic E-state index is 0.357. The number of amides is 1. The van der Waals surface area contributed by atoms with Crippen molar-refractivity contribution in [3.63, 3.8) is 0 Å². The highest BCUT2D eigenvalue weighted by molar-refractivity contribution is 9.10. The molecular formula is C25H18BrClN2O4S. The Labute approximate surface area is 213 Å². The molecule has 1 aromatic heterocycles. The second-order valence-corrected chi connectivity index (χ2v) is 9.41. The van der Waals surface area contributed by atoms with E-state index in [9.17, 15) is 9.59 Å². The highest BCUT2D eigenvalue weighted by atomic mass is 79.9. The Kier molecular flexibility index (Phi) is 7.62. The molecule has 0 saturated carbocycles. The number of nitrogens with one attached hydrogen (secondary N) is 1. The first-order chi connectivity index (χ1) is 16.4. The molecule has 34 heavy (non-hydrogen) atoms. The number of halogens is 2. The van der Waals surface area contributed by atoms with E-state index in [-0.39, 0.29) is 0 Å². The van der Waals surface area contributed by atoms with Crippen LogP contribution in [0.5, 0.6) is 11.5 Å². The number of hydrogen-bond donors (Lipinski definition) is 1. The highest BCUT2D eigenvalue weighted by Crippen LogP contribution is 2.35. The summed E-state index contributed by atoms with van der Waals surface area (Å²) in [5.41, 5.74) is 3.16. The third-order valence-corrected chi connectivity index (χ3v) is 7.02. The number of para-hydroxylation sites is 1. The summed E-state index contributed by atoms with van der Waals surface area (Å²) in [7, 11) is 0. The van der Waals surface area contributed by atoms with Crippen molar-refractivity contribution in [2.75, 3.05) is 0 Å². The number of thiophene rings is 1. The van der Waals surface area contributed by atoms with E-state index in [1.54, 1.807) is 37.3 Å². The van der Waals surface area contributed by atoms with Crippen LogP contribution in [0.3, 0.4) is 0 Å². The van der Waals surface area contributed by atoms with Gasteiger partial charge < -0.3 is 9.47 Å². The number of hydrogen-bond acceptors (Lipinski definition) is 6. The number of carbonyl (C=O) groups excluding carboxylic acids is 2. The van der Waals surface area contributed by atoms with Crippen molar-refractivity contribution >= 4 is 67.0 Å². The van der Waals surface area contributed by atoms with Crippen molar-refractivity contribution in [1.29, 1.82) is 0 Å². The normalized spacial score (nSPS) is 12.0. The number of hydrazone groups is 1. The van der Waals surface area contributed by atoms with Crippen LogP contribution in [0.4, 0.5) is 0 Å². The largest absolute Gasteiger partial charge is 0.480 e. The molecule has 0 saturated heterocycles.